The molecule has 3 aromatic carbocycles. The van der Waals surface area contributed by atoms with Gasteiger partial charge in [0.05, 0.1) is 15.6 Å². The second-order valence-corrected chi connectivity index (χ2v) is 7.55. The number of carbonyl (C=O) groups excluding carboxylic acids is 1. The van der Waals surface area contributed by atoms with Crippen molar-refractivity contribution in [2.45, 2.75) is 13.2 Å². The smallest absolute Gasteiger partial charge is 0.358 e. The normalized spacial score (nSPS) is 10.5. The van der Waals surface area contributed by atoms with Gasteiger partial charge in [-0.15, -0.1) is 0 Å². The molecule has 0 atom stereocenters. The zero-order valence-electron chi connectivity index (χ0n) is 16.4. The number of esters is 1. The Balaban J connectivity index is 1.71. The van der Waals surface area contributed by atoms with E-state index in [1.807, 2.05) is 66.7 Å². The average molecular weight is 473 g/mol. The molecule has 0 aliphatic heterocycles. The Morgan fingerprint density at radius 3 is 2.19 bits per heavy atom. The van der Waals surface area contributed by atoms with Crippen molar-refractivity contribution in [1.82, 2.24) is 4.98 Å². The van der Waals surface area contributed by atoms with E-state index in [0.717, 1.165) is 11.1 Å². The van der Waals surface area contributed by atoms with Crippen molar-refractivity contribution < 1.29 is 14.3 Å². The number of benzene rings is 3. The molecule has 0 saturated carbocycles. The third-order valence-corrected chi connectivity index (χ3v) is 5.40. The molecule has 4 aromatic rings. The first-order valence-corrected chi connectivity index (χ1v) is 10.4. The van der Waals surface area contributed by atoms with Gasteiger partial charge in [-0.2, -0.15) is 5.26 Å². The van der Waals surface area contributed by atoms with Gasteiger partial charge in [0.1, 0.15) is 25.0 Å². The molecule has 31 heavy (non-hydrogen) atoms. The van der Waals surface area contributed by atoms with Crippen LogP contribution in [0, 0.1) is 11.3 Å². The fourth-order valence-electron chi connectivity index (χ4n) is 3.12. The number of hydrogen-bond donors (Lipinski definition) is 0. The molecule has 5 nitrogen and oxygen atoms in total. The fraction of sp³-hybridized carbons (Fsp3) is 0.0800. The number of aromatic nitrogens is 1. The lowest BCUT2D eigenvalue weighted by molar-refractivity contribution is 0.0464. The van der Waals surface area contributed by atoms with Crippen LogP contribution < -0.4 is 4.74 Å². The third-order valence-electron chi connectivity index (χ3n) is 4.66. The maximum absolute atomic E-state index is 12.9. The second kappa shape index (κ2) is 9.41. The molecule has 0 radical (unpaired) electrons. The van der Waals surface area contributed by atoms with Crippen molar-refractivity contribution in [3.05, 3.63) is 106 Å². The molecule has 0 amide bonds. The van der Waals surface area contributed by atoms with Crippen LogP contribution in [0.4, 0.5) is 0 Å². The monoisotopic (exact) mass is 472 g/mol. The van der Waals surface area contributed by atoms with Crippen molar-refractivity contribution >= 4 is 32.8 Å². The lowest BCUT2D eigenvalue weighted by Crippen LogP contribution is -2.10. The fourth-order valence-corrected chi connectivity index (χ4v) is 3.70. The van der Waals surface area contributed by atoms with E-state index in [0.29, 0.717) is 33.3 Å². The van der Waals surface area contributed by atoms with Gasteiger partial charge < -0.3 is 9.47 Å². The molecule has 0 aliphatic rings. The van der Waals surface area contributed by atoms with Gasteiger partial charge in [0.15, 0.2) is 5.69 Å². The lowest BCUT2D eigenvalue weighted by atomic mass is 10.1. The minimum absolute atomic E-state index is 0.0641. The molecular weight excluding hydrogens is 456 g/mol. The minimum Gasteiger partial charge on any atom is -0.487 e. The lowest BCUT2D eigenvalue weighted by Gasteiger charge is -2.15. The van der Waals surface area contributed by atoms with Crippen LogP contribution >= 0.6 is 15.9 Å². The highest BCUT2D eigenvalue weighted by molar-refractivity contribution is 9.10. The summed E-state index contributed by atoms with van der Waals surface area (Å²) in [5.74, 6) is -0.160. The van der Waals surface area contributed by atoms with E-state index in [2.05, 4.69) is 27.0 Å². The summed E-state index contributed by atoms with van der Waals surface area (Å²) < 4.78 is 11.9. The van der Waals surface area contributed by atoms with Crippen molar-refractivity contribution in [1.29, 1.82) is 5.26 Å². The minimum atomic E-state index is -0.602. The molecule has 0 saturated heterocycles. The Hall–Kier alpha value is -3.69. The molecule has 6 heteroatoms. The summed E-state index contributed by atoms with van der Waals surface area (Å²) in [6, 6.07) is 26.4. The molecule has 1 heterocycles. The average Bonchev–Trinajstić information content (AvgIpc) is 2.82. The number of carbonyl (C=O) groups is 1. The first-order chi connectivity index (χ1) is 15.2. The summed E-state index contributed by atoms with van der Waals surface area (Å²) in [5, 5.41) is 10.2. The topological polar surface area (TPSA) is 72.2 Å². The zero-order chi connectivity index (χ0) is 21.6. The molecule has 0 unspecified atom stereocenters. The summed E-state index contributed by atoms with van der Waals surface area (Å²) in [7, 11) is 0. The molecular formula is C25H17BrN2O3. The maximum atomic E-state index is 12.9. The number of fused-ring (bicyclic) bond motifs is 1. The molecule has 4 rings (SSSR count). The Bertz CT molecular complexity index is 1270. The number of pyridine rings is 1. The van der Waals surface area contributed by atoms with Gasteiger partial charge in [-0.3, -0.25) is 0 Å². The van der Waals surface area contributed by atoms with Crippen LogP contribution in [-0.2, 0) is 18.0 Å². The number of para-hydroxylation sites is 1. The zero-order valence-corrected chi connectivity index (χ0v) is 18.0. The van der Waals surface area contributed by atoms with Crippen LogP contribution in [0.1, 0.15) is 27.2 Å². The number of hydrogen-bond acceptors (Lipinski definition) is 5. The van der Waals surface area contributed by atoms with E-state index in [1.54, 1.807) is 12.1 Å². The second-order valence-electron chi connectivity index (χ2n) is 6.75. The predicted octanol–water partition coefficient (Wildman–Crippen LogP) is 5.80. The summed E-state index contributed by atoms with van der Waals surface area (Å²) in [6.07, 6.45) is 0. The molecule has 1 aromatic heterocycles. The van der Waals surface area contributed by atoms with Crippen molar-refractivity contribution in [2.24, 2.45) is 0 Å². The van der Waals surface area contributed by atoms with Crippen LogP contribution in [0.25, 0.3) is 10.9 Å². The van der Waals surface area contributed by atoms with E-state index < -0.39 is 5.97 Å². The van der Waals surface area contributed by atoms with Crippen molar-refractivity contribution in [3.63, 3.8) is 0 Å². The largest absolute Gasteiger partial charge is 0.487 e. The quantitative estimate of drug-likeness (QED) is 0.331. The van der Waals surface area contributed by atoms with Gasteiger partial charge >= 0.3 is 5.97 Å². The Morgan fingerprint density at radius 1 is 0.903 bits per heavy atom. The molecule has 0 bridgehead atoms. The van der Waals surface area contributed by atoms with Crippen molar-refractivity contribution in [2.75, 3.05) is 0 Å². The first-order valence-electron chi connectivity index (χ1n) is 9.57. The van der Waals surface area contributed by atoms with Gasteiger partial charge in [0.2, 0.25) is 0 Å². The molecule has 152 valence electrons. The highest BCUT2D eigenvalue weighted by Gasteiger charge is 2.22. The number of nitrogens with zero attached hydrogens (tertiary/aromatic N) is 2. The van der Waals surface area contributed by atoms with E-state index in [4.69, 9.17) is 9.47 Å². The highest BCUT2D eigenvalue weighted by atomic mass is 79.9. The molecule has 0 fully saturated rings. The Kier molecular flexibility index (Phi) is 6.25. The van der Waals surface area contributed by atoms with E-state index in [-0.39, 0.29) is 12.3 Å². The van der Waals surface area contributed by atoms with E-state index in [9.17, 15) is 10.1 Å². The maximum Gasteiger partial charge on any atom is 0.358 e. The van der Waals surface area contributed by atoms with Gasteiger partial charge in [-0.25, -0.2) is 9.78 Å². The summed E-state index contributed by atoms with van der Waals surface area (Å²) >= 11 is 3.48. The van der Waals surface area contributed by atoms with E-state index in [1.165, 1.54) is 0 Å². The Morgan fingerprint density at radius 2 is 1.55 bits per heavy atom. The standard InChI is InChI=1S/C25H17BrN2O3/c26-21-23(25(29)31-16-18-10-5-2-6-11-18)28-22-19(14-27)12-7-13-20(22)24(21)30-15-17-8-3-1-4-9-17/h1-13H,15-16H2. The van der Waals surface area contributed by atoms with Crippen molar-refractivity contribution in [3.8, 4) is 11.8 Å². The summed E-state index contributed by atoms with van der Waals surface area (Å²) in [5.41, 5.74) is 2.65. The van der Waals surface area contributed by atoms with Crippen LogP contribution in [0.5, 0.6) is 5.75 Å². The molecule has 0 N–H and O–H groups in total. The highest BCUT2D eigenvalue weighted by Crippen LogP contribution is 2.37. The van der Waals surface area contributed by atoms with Crippen LogP contribution in [0.15, 0.2) is 83.3 Å². The summed E-state index contributed by atoms with van der Waals surface area (Å²) in [6.45, 7) is 0.416. The van der Waals surface area contributed by atoms with E-state index >= 15 is 0 Å². The summed E-state index contributed by atoms with van der Waals surface area (Å²) in [4.78, 5) is 17.3. The van der Waals surface area contributed by atoms with Gasteiger partial charge in [-0.05, 0) is 39.2 Å². The predicted molar refractivity (Wildman–Crippen MR) is 120 cm³/mol. The van der Waals surface area contributed by atoms with Crippen LogP contribution in [0.2, 0.25) is 0 Å². The number of ether oxygens (including phenoxy) is 2. The number of nitriles is 1. The SMILES string of the molecule is N#Cc1cccc2c(OCc3ccccc3)c(Br)c(C(=O)OCc3ccccc3)nc12. The molecule has 0 aliphatic carbocycles. The van der Waals surface area contributed by atoms with Gasteiger partial charge in [0, 0.05) is 5.39 Å². The first kappa shape index (κ1) is 20.6. The van der Waals surface area contributed by atoms with Gasteiger partial charge in [-0.1, -0.05) is 66.7 Å². The molecule has 0 spiro atoms. The number of rotatable bonds is 6. The van der Waals surface area contributed by atoms with Gasteiger partial charge in [0.25, 0.3) is 0 Å². The number of halogens is 1. The van der Waals surface area contributed by atoms with Crippen LogP contribution in [-0.4, -0.2) is 11.0 Å². The third kappa shape index (κ3) is 4.57. The Labute approximate surface area is 188 Å². The van der Waals surface area contributed by atoms with Crippen LogP contribution in [0.3, 0.4) is 0 Å².